The summed E-state index contributed by atoms with van der Waals surface area (Å²) >= 11 is 0. The average molecular weight is 452 g/mol. The van der Waals surface area contributed by atoms with Crippen molar-refractivity contribution in [2.75, 3.05) is 44.4 Å². The van der Waals surface area contributed by atoms with Crippen LogP contribution < -0.4 is 16.0 Å². The highest BCUT2D eigenvalue weighted by Gasteiger charge is 2.28. The standard InChI is InChI=1S/C25H33N5O3/c1-18-7-4-10-21(13-18)28-25(33)30-12-6-9-20(16-30)24(32)26-15-19-8-5-11-22(14-19)27-23(31)17-29(2)3/h4-5,7-8,10-11,13-14,20H,6,9,12,15-17H2,1-3H3,(H,26,32)(H,27,31)(H,28,33). The molecule has 1 aliphatic rings. The molecule has 1 heterocycles. The first-order valence-corrected chi connectivity index (χ1v) is 11.2. The molecule has 8 heteroatoms. The van der Waals surface area contributed by atoms with E-state index in [1.165, 1.54) is 0 Å². The van der Waals surface area contributed by atoms with Crippen LogP contribution in [0.3, 0.4) is 0 Å². The van der Waals surface area contributed by atoms with Gasteiger partial charge in [0.2, 0.25) is 11.8 Å². The van der Waals surface area contributed by atoms with E-state index < -0.39 is 0 Å². The van der Waals surface area contributed by atoms with E-state index in [1.807, 2.05) is 69.6 Å². The van der Waals surface area contributed by atoms with Crippen LogP contribution in [0.5, 0.6) is 0 Å². The zero-order valence-electron chi connectivity index (χ0n) is 19.6. The maximum atomic E-state index is 12.8. The van der Waals surface area contributed by atoms with Gasteiger partial charge in [-0.2, -0.15) is 0 Å². The Labute approximate surface area is 195 Å². The summed E-state index contributed by atoms with van der Waals surface area (Å²) in [6.45, 7) is 3.67. The van der Waals surface area contributed by atoms with Crippen LogP contribution in [0.2, 0.25) is 0 Å². The highest BCUT2D eigenvalue weighted by Crippen LogP contribution is 2.19. The number of nitrogens with one attached hydrogen (secondary N) is 3. The molecular formula is C25H33N5O3. The van der Waals surface area contributed by atoms with E-state index in [9.17, 15) is 14.4 Å². The lowest BCUT2D eigenvalue weighted by molar-refractivity contribution is -0.126. The van der Waals surface area contributed by atoms with Crippen molar-refractivity contribution in [2.45, 2.75) is 26.3 Å². The number of piperidine rings is 1. The number of hydrogen-bond donors (Lipinski definition) is 3. The molecule has 0 aromatic heterocycles. The Morgan fingerprint density at radius 1 is 1.03 bits per heavy atom. The molecule has 176 valence electrons. The molecule has 0 saturated carbocycles. The molecule has 1 saturated heterocycles. The van der Waals surface area contributed by atoms with E-state index in [0.29, 0.717) is 31.9 Å². The minimum atomic E-state index is -0.245. The quantitative estimate of drug-likeness (QED) is 0.603. The van der Waals surface area contributed by atoms with Gasteiger partial charge in [0, 0.05) is 31.0 Å². The number of aryl methyl sites for hydroxylation is 1. The van der Waals surface area contributed by atoms with Crippen molar-refractivity contribution in [3.8, 4) is 0 Å². The molecule has 1 fully saturated rings. The second kappa shape index (κ2) is 11.5. The topological polar surface area (TPSA) is 93.8 Å². The Hall–Kier alpha value is -3.39. The number of likely N-dealkylation sites (N-methyl/N-ethyl adjacent to an activating group) is 1. The van der Waals surface area contributed by atoms with Crippen LogP contribution in [0.25, 0.3) is 0 Å². The summed E-state index contributed by atoms with van der Waals surface area (Å²) < 4.78 is 0. The number of likely N-dealkylation sites (tertiary alicyclic amines) is 1. The summed E-state index contributed by atoms with van der Waals surface area (Å²) in [6, 6.07) is 14.9. The summed E-state index contributed by atoms with van der Waals surface area (Å²) in [5.41, 5.74) is 3.43. The van der Waals surface area contributed by atoms with Gasteiger partial charge in [-0.3, -0.25) is 9.59 Å². The molecule has 33 heavy (non-hydrogen) atoms. The van der Waals surface area contributed by atoms with E-state index in [1.54, 1.807) is 9.80 Å². The first-order valence-electron chi connectivity index (χ1n) is 11.2. The van der Waals surface area contributed by atoms with Gasteiger partial charge in [-0.25, -0.2) is 4.79 Å². The molecule has 2 aromatic carbocycles. The number of rotatable bonds is 7. The van der Waals surface area contributed by atoms with Gasteiger partial charge in [-0.05, 0) is 69.3 Å². The number of hydrogen-bond acceptors (Lipinski definition) is 4. The molecule has 0 spiro atoms. The van der Waals surface area contributed by atoms with E-state index in [0.717, 1.165) is 29.7 Å². The van der Waals surface area contributed by atoms with Crippen LogP contribution in [0.4, 0.5) is 16.2 Å². The maximum Gasteiger partial charge on any atom is 0.321 e. The number of amides is 4. The smallest absolute Gasteiger partial charge is 0.321 e. The number of urea groups is 1. The Balaban J connectivity index is 1.50. The van der Waals surface area contributed by atoms with E-state index in [4.69, 9.17) is 0 Å². The molecule has 1 unspecified atom stereocenters. The van der Waals surface area contributed by atoms with Crippen LogP contribution in [0.15, 0.2) is 48.5 Å². The molecule has 3 rings (SSSR count). The number of carbonyl (C=O) groups excluding carboxylic acids is 3. The highest BCUT2D eigenvalue weighted by atomic mass is 16.2. The predicted octanol–water partition coefficient (Wildman–Crippen LogP) is 3.06. The SMILES string of the molecule is Cc1cccc(NC(=O)N2CCCC(C(=O)NCc3cccc(NC(=O)CN(C)C)c3)C2)c1. The van der Waals surface area contributed by atoms with Crippen LogP contribution in [-0.4, -0.2) is 61.4 Å². The summed E-state index contributed by atoms with van der Waals surface area (Å²) in [7, 11) is 3.67. The molecule has 1 atom stereocenters. The van der Waals surface area contributed by atoms with Gasteiger partial charge in [0.05, 0.1) is 12.5 Å². The lowest BCUT2D eigenvalue weighted by Gasteiger charge is -2.32. The minimum absolute atomic E-state index is 0.0647. The monoisotopic (exact) mass is 451 g/mol. The number of nitrogens with zero attached hydrogens (tertiary/aromatic N) is 2. The Morgan fingerprint density at radius 2 is 1.76 bits per heavy atom. The van der Waals surface area contributed by atoms with Crippen molar-refractivity contribution in [1.82, 2.24) is 15.1 Å². The lowest BCUT2D eigenvalue weighted by atomic mass is 9.97. The largest absolute Gasteiger partial charge is 0.352 e. The molecular weight excluding hydrogens is 418 g/mol. The number of benzene rings is 2. The van der Waals surface area contributed by atoms with Gasteiger partial charge in [0.1, 0.15) is 0 Å². The van der Waals surface area contributed by atoms with Crippen molar-refractivity contribution >= 4 is 29.2 Å². The minimum Gasteiger partial charge on any atom is -0.352 e. The van der Waals surface area contributed by atoms with Crippen molar-refractivity contribution < 1.29 is 14.4 Å². The first-order chi connectivity index (χ1) is 15.8. The molecule has 0 bridgehead atoms. The lowest BCUT2D eigenvalue weighted by Crippen LogP contribution is -2.46. The van der Waals surface area contributed by atoms with Crippen molar-refractivity contribution in [2.24, 2.45) is 5.92 Å². The fraction of sp³-hybridized carbons (Fsp3) is 0.400. The second-order valence-corrected chi connectivity index (χ2v) is 8.79. The Morgan fingerprint density at radius 3 is 2.48 bits per heavy atom. The zero-order valence-corrected chi connectivity index (χ0v) is 19.6. The zero-order chi connectivity index (χ0) is 23.8. The van der Waals surface area contributed by atoms with Crippen molar-refractivity contribution in [3.63, 3.8) is 0 Å². The van der Waals surface area contributed by atoms with Crippen LogP contribution >= 0.6 is 0 Å². The molecule has 2 aromatic rings. The number of anilines is 2. The molecule has 0 aliphatic carbocycles. The molecule has 1 aliphatic heterocycles. The van der Waals surface area contributed by atoms with Gasteiger partial charge in [-0.15, -0.1) is 0 Å². The Bertz CT molecular complexity index is 992. The average Bonchev–Trinajstić information content (AvgIpc) is 2.77. The summed E-state index contributed by atoms with van der Waals surface area (Å²) in [5, 5.41) is 8.76. The fourth-order valence-electron chi connectivity index (χ4n) is 3.88. The van der Waals surface area contributed by atoms with Gasteiger partial charge in [-0.1, -0.05) is 24.3 Å². The second-order valence-electron chi connectivity index (χ2n) is 8.79. The molecule has 8 nitrogen and oxygen atoms in total. The summed E-state index contributed by atoms with van der Waals surface area (Å²) in [5.74, 6) is -0.400. The summed E-state index contributed by atoms with van der Waals surface area (Å²) in [6.07, 6.45) is 1.54. The van der Waals surface area contributed by atoms with Crippen LogP contribution in [0, 0.1) is 12.8 Å². The summed E-state index contributed by atoms with van der Waals surface area (Å²) in [4.78, 5) is 40.9. The van der Waals surface area contributed by atoms with Crippen molar-refractivity contribution in [3.05, 3.63) is 59.7 Å². The van der Waals surface area contributed by atoms with Crippen molar-refractivity contribution in [1.29, 1.82) is 0 Å². The van der Waals surface area contributed by atoms with E-state index in [-0.39, 0.29) is 23.8 Å². The normalized spacial score (nSPS) is 15.8. The van der Waals surface area contributed by atoms with E-state index >= 15 is 0 Å². The van der Waals surface area contributed by atoms with Crippen LogP contribution in [-0.2, 0) is 16.1 Å². The van der Waals surface area contributed by atoms with E-state index in [2.05, 4.69) is 16.0 Å². The van der Waals surface area contributed by atoms with Crippen LogP contribution in [0.1, 0.15) is 24.0 Å². The number of carbonyl (C=O) groups is 3. The third-order valence-corrected chi connectivity index (χ3v) is 5.49. The Kier molecular flexibility index (Phi) is 8.43. The van der Waals surface area contributed by atoms with Gasteiger partial charge < -0.3 is 25.8 Å². The molecule has 4 amide bonds. The maximum absolute atomic E-state index is 12.8. The van der Waals surface area contributed by atoms with Gasteiger partial charge >= 0.3 is 6.03 Å². The predicted molar refractivity (Wildman–Crippen MR) is 130 cm³/mol. The fourth-order valence-corrected chi connectivity index (χ4v) is 3.88. The third kappa shape index (κ3) is 7.61. The third-order valence-electron chi connectivity index (χ3n) is 5.49. The molecule has 3 N–H and O–H groups in total. The van der Waals surface area contributed by atoms with Gasteiger partial charge in [0.25, 0.3) is 0 Å². The molecule has 0 radical (unpaired) electrons. The highest BCUT2D eigenvalue weighted by molar-refractivity contribution is 5.92. The first kappa shape index (κ1) is 24.3. The van der Waals surface area contributed by atoms with Gasteiger partial charge in [0.15, 0.2) is 0 Å².